The Labute approximate surface area is 177 Å². The van der Waals surface area contributed by atoms with Crippen LogP contribution in [-0.4, -0.2) is 35.2 Å². The van der Waals surface area contributed by atoms with Crippen molar-refractivity contribution in [3.05, 3.63) is 24.3 Å². The molecular weight excluding hydrogens is 384 g/mol. The highest BCUT2D eigenvalue weighted by atomic mass is 16.5. The number of carbonyl (C=O) groups excluding carboxylic acids is 2. The number of rotatable bonds is 7. The van der Waals surface area contributed by atoms with Gasteiger partial charge in [0, 0.05) is 6.42 Å². The summed E-state index contributed by atoms with van der Waals surface area (Å²) in [6.45, 7) is 4.13. The van der Waals surface area contributed by atoms with Crippen molar-refractivity contribution in [2.75, 3.05) is 6.61 Å². The third kappa shape index (κ3) is 4.56. The highest BCUT2D eigenvalue weighted by Crippen LogP contribution is 2.62. The first kappa shape index (κ1) is 21.0. The molecule has 0 saturated heterocycles. The van der Waals surface area contributed by atoms with Gasteiger partial charge in [-0.25, -0.2) is 0 Å². The number of hydrogen-bond acceptors (Lipinski definition) is 5. The lowest BCUT2D eigenvalue weighted by Crippen LogP contribution is -2.57. The second kappa shape index (κ2) is 8.10. The molecule has 7 nitrogen and oxygen atoms in total. The molecule has 1 aromatic rings. The summed E-state index contributed by atoms with van der Waals surface area (Å²) in [7, 11) is 0. The van der Waals surface area contributed by atoms with Crippen molar-refractivity contribution < 1.29 is 24.2 Å². The van der Waals surface area contributed by atoms with Crippen LogP contribution in [0, 0.1) is 17.3 Å². The number of benzene rings is 1. The first-order chi connectivity index (χ1) is 14.3. The van der Waals surface area contributed by atoms with E-state index in [1.165, 1.54) is 6.42 Å². The van der Waals surface area contributed by atoms with E-state index in [0.29, 0.717) is 37.0 Å². The number of aliphatic hydroxyl groups is 1. The summed E-state index contributed by atoms with van der Waals surface area (Å²) in [5, 5.41) is 10.8. The molecule has 1 aromatic carbocycles. The van der Waals surface area contributed by atoms with Gasteiger partial charge in [-0.2, -0.15) is 0 Å². The van der Waals surface area contributed by atoms with E-state index in [1.54, 1.807) is 31.2 Å². The number of hydrogen-bond donors (Lipinski definition) is 3. The van der Waals surface area contributed by atoms with E-state index in [9.17, 15) is 14.7 Å². The summed E-state index contributed by atoms with van der Waals surface area (Å²) in [5.41, 5.74) is 4.30. The Morgan fingerprint density at radius 3 is 2.33 bits per heavy atom. The highest BCUT2D eigenvalue weighted by Gasteiger charge is 2.57. The first-order valence-electron chi connectivity index (χ1n) is 11.0. The fourth-order valence-electron chi connectivity index (χ4n) is 6.27. The Morgan fingerprint density at radius 2 is 1.73 bits per heavy atom. The first-order valence-corrected chi connectivity index (χ1v) is 11.0. The van der Waals surface area contributed by atoms with E-state index >= 15 is 0 Å². The molecule has 0 aliphatic heterocycles. The van der Waals surface area contributed by atoms with E-state index in [2.05, 4.69) is 10.9 Å². The molecule has 4 saturated carbocycles. The predicted molar refractivity (Wildman–Crippen MR) is 111 cm³/mol. The normalized spacial score (nSPS) is 32.4. The van der Waals surface area contributed by atoms with Gasteiger partial charge < -0.3 is 14.6 Å². The molecule has 7 heteroatoms. The molecule has 0 spiro atoms. The van der Waals surface area contributed by atoms with Gasteiger partial charge in [0.15, 0.2) is 6.10 Å². The number of ether oxygens (including phenoxy) is 2. The molecule has 0 radical (unpaired) electrons. The van der Waals surface area contributed by atoms with Crippen molar-refractivity contribution in [2.24, 2.45) is 17.3 Å². The smallest absolute Gasteiger partial charge is 0.279 e. The lowest BCUT2D eigenvalue weighted by Gasteiger charge is -2.60. The Morgan fingerprint density at radius 1 is 1.10 bits per heavy atom. The van der Waals surface area contributed by atoms with Gasteiger partial charge in [-0.3, -0.25) is 20.4 Å². The maximum absolute atomic E-state index is 12.6. The fraction of sp³-hybridized carbons (Fsp3) is 0.652. The van der Waals surface area contributed by atoms with Gasteiger partial charge in [0.1, 0.15) is 11.5 Å². The standard InChI is InChI=1S/C23H32N2O5/c1-3-29-18-4-6-19(7-5-18)30-15(2)21(27)25-24-20(26)13-22-9-16-8-17(10-22)12-23(28,11-16)14-22/h4-7,15-17,28H,3,8-14H2,1-2H3,(H,24,26)(H,25,27)/t15-,16-,17+,22?,23?/m0/s1. The molecule has 0 aromatic heterocycles. The minimum atomic E-state index is -0.761. The molecule has 3 N–H and O–H groups in total. The van der Waals surface area contributed by atoms with Crippen LogP contribution in [0.2, 0.25) is 0 Å². The summed E-state index contributed by atoms with van der Waals surface area (Å²) in [4.78, 5) is 24.9. The van der Waals surface area contributed by atoms with E-state index in [-0.39, 0.29) is 11.3 Å². The number of carbonyl (C=O) groups is 2. The van der Waals surface area contributed by atoms with Crippen LogP contribution in [0.25, 0.3) is 0 Å². The second-order valence-corrected chi connectivity index (χ2v) is 9.56. The molecule has 30 heavy (non-hydrogen) atoms. The lowest BCUT2D eigenvalue weighted by atomic mass is 9.47. The van der Waals surface area contributed by atoms with Gasteiger partial charge in [0.05, 0.1) is 12.2 Å². The molecule has 4 fully saturated rings. The van der Waals surface area contributed by atoms with Crippen molar-refractivity contribution in [2.45, 2.75) is 70.5 Å². The number of amides is 2. The van der Waals surface area contributed by atoms with Crippen LogP contribution in [0.3, 0.4) is 0 Å². The van der Waals surface area contributed by atoms with Crippen LogP contribution in [-0.2, 0) is 9.59 Å². The zero-order valence-electron chi connectivity index (χ0n) is 17.8. The molecule has 2 amide bonds. The molecule has 5 rings (SSSR count). The van der Waals surface area contributed by atoms with Crippen molar-refractivity contribution >= 4 is 11.8 Å². The SMILES string of the molecule is CCOc1ccc(O[C@@H](C)C(=O)NNC(=O)CC23C[C@@H]4C[C@@H](CC(O)(C4)C2)C3)cc1. The van der Waals surface area contributed by atoms with Gasteiger partial charge in [-0.1, -0.05) is 0 Å². The maximum atomic E-state index is 12.6. The monoisotopic (exact) mass is 416 g/mol. The minimum absolute atomic E-state index is 0.127. The average Bonchev–Trinajstić information content (AvgIpc) is 2.65. The van der Waals surface area contributed by atoms with Crippen LogP contribution in [0.15, 0.2) is 24.3 Å². The van der Waals surface area contributed by atoms with Crippen molar-refractivity contribution in [3.63, 3.8) is 0 Å². The van der Waals surface area contributed by atoms with Gasteiger partial charge in [0.2, 0.25) is 5.91 Å². The summed E-state index contributed by atoms with van der Waals surface area (Å²) < 4.78 is 11.0. The van der Waals surface area contributed by atoms with E-state index in [4.69, 9.17) is 9.47 Å². The largest absolute Gasteiger partial charge is 0.494 e. The maximum Gasteiger partial charge on any atom is 0.279 e. The van der Waals surface area contributed by atoms with Gasteiger partial charge in [0.25, 0.3) is 5.91 Å². The molecule has 164 valence electrons. The van der Waals surface area contributed by atoms with Crippen molar-refractivity contribution in [1.82, 2.24) is 10.9 Å². The summed E-state index contributed by atoms with van der Waals surface area (Å²) in [5.74, 6) is 1.73. The number of nitrogens with one attached hydrogen (secondary N) is 2. The zero-order chi connectivity index (χ0) is 21.4. The van der Waals surface area contributed by atoms with Gasteiger partial charge >= 0.3 is 0 Å². The van der Waals surface area contributed by atoms with Gasteiger partial charge in [-0.15, -0.1) is 0 Å². The van der Waals surface area contributed by atoms with E-state index in [1.807, 2.05) is 6.92 Å². The van der Waals surface area contributed by atoms with Crippen LogP contribution in [0.4, 0.5) is 0 Å². The molecule has 4 bridgehead atoms. The summed E-state index contributed by atoms with van der Waals surface area (Å²) >= 11 is 0. The topological polar surface area (TPSA) is 96.9 Å². The van der Waals surface area contributed by atoms with Crippen LogP contribution in [0.5, 0.6) is 11.5 Å². The summed E-state index contributed by atoms with van der Waals surface area (Å²) in [6, 6.07) is 7.05. The third-order valence-corrected chi connectivity index (χ3v) is 6.83. The molecule has 4 aliphatic carbocycles. The molecule has 4 aliphatic rings. The third-order valence-electron chi connectivity index (χ3n) is 6.83. The van der Waals surface area contributed by atoms with E-state index in [0.717, 1.165) is 31.4 Å². The lowest BCUT2D eigenvalue weighted by molar-refractivity contribution is -0.169. The molecule has 5 atom stereocenters. The molecular formula is C23H32N2O5. The van der Waals surface area contributed by atoms with Crippen molar-refractivity contribution in [3.8, 4) is 11.5 Å². The molecule has 2 unspecified atom stereocenters. The predicted octanol–water partition coefficient (Wildman–Crippen LogP) is 2.72. The Kier molecular flexibility index (Phi) is 5.66. The van der Waals surface area contributed by atoms with Crippen LogP contribution >= 0.6 is 0 Å². The molecule has 0 heterocycles. The Bertz CT molecular complexity index is 779. The van der Waals surface area contributed by atoms with Crippen LogP contribution in [0.1, 0.15) is 58.8 Å². The minimum Gasteiger partial charge on any atom is -0.494 e. The quantitative estimate of drug-likeness (QED) is 0.594. The zero-order valence-corrected chi connectivity index (χ0v) is 17.8. The van der Waals surface area contributed by atoms with Gasteiger partial charge in [-0.05, 0) is 93.9 Å². The van der Waals surface area contributed by atoms with Crippen LogP contribution < -0.4 is 20.3 Å². The summed E-state index contributed by atoms with van der Waals surface area (Å²) in [6.07, 6.45) is 5.23. The highest BCUT2D eigenvalue weighted by molar-refractivity contribution is 5.84. The number of hydrazine groups is 1. The Hall–Kier alpha value is -2.28. The van der Waals surface area contributed by atoms with Crippen molar-refractivity contribution in [1.29, 1.82) is 0 Å². The van der Waals surface area contributed by atoms with E-state index < -0.39 is 17.6 Å². The average molecular weight is 417 g/mol. The second-order valence-electron chi connectivity index (χ2n) is 9.56. The Balaban J connectivity index is 1.25. The fourth-order valence-corrected chi connectivity index (χ4v) is 6.27.